The Morgan fingerprint density at radius 1 is 1.14 bits per heavy atom. The highest BCUT2D eigenvalue weighted by Gasteiger charge is 2.23. The molecule has 0 saturated heterocycles. The van der Waals surface area contributed by atoms with Crippen LogP contribution >= 0.6 is 0 Å². The second-order valence-electron chi connectivity index (χ2n) is 7.05. The van der Waals surface area contributed by atoms with E-state index >= 15 is 0 Å². The zero-order valence-electron chi connectivity index (χ0n) is 16.1. The number of pyridine rings is 1. The Balaban J connectivity index is 1.65. The number of hydrogen-bond acceptors (Lipinski definition) is 4. The van der Waals surface area contributed by atoms with Gasteiger partial charge in [0, 0.05) is 17.7 Å². The van der Waals surface area contributed by atoms with E-state index in [2.05, 4.69) is 0 Å². The third kappa shape index (κ3) is 3.96. The molecule has 0 spiro atoms. The van der Waals surface area contributed by atoms with Gasteiger partial charge >= 0.3 is 0 Å². The highest BCUT2D eigenvalue weighted by molar-refractivity contribution is 5.94. The third-order valence-corrected chi connectivity index (χ3v) is 5.04. The van der Waals surface area contributed by atoms with Crippen LogP contribution in [0.3, 0.4) is 0 Å². The predicted molar refractivity (Wildman–Crippen MR) is 109 cm³/mol. The molecule has 1 aliphatic heterocycles. The minimum atomic E-state index is -0.486. The van der Waals surface area contributed by atoms with Crippen molar-refractivity contribution in [2.24, 2.45) is 5.73 Å². The molecule has 0 radical (unpaired) electrons. The van der Waals surface area contributed by atoms with Crippen LogP contribution in [0.5, 0.6) is 5.75 Å². The fraction of sp³-hybridized carbons (Fsp3) is 0.174. The van der Waals surface area contributed by atoms with Crippen LogP contribution < -0.4 is 10.5 Å². The number of carbonyl (C=O) groups is 2. The molecule has 0 fully saturated rings. The van der Waals surface area contributed by atoms with E-state index in [1.807, 2.05) is 49.4 Å². The molecule has 0 aliphatic carbocycles. The van der Waals surface area contributed by atoms with Gasteiger partial charge in [-0.3, -0.25) is 9.59 Å². The first kappa shape index (κ1) is 18.7. The Morgan fingerprint density at radius 2 is 1.97 bits per heavy atom. The maximum atomic E-state index is 12.6. The summed E-state index contributed by atoms with van der Waals surface area (Å²) in [4.78, 5) is 30.6. The number of carbonyl (C=O) groups excluding carboxylic acids is 2. The van der Waals surface area contributed by atoms with Gasteiger partial charge in [0.1, 0.15) is 11.4 Å². The van der Waals surface area contributed by atoms with E-state index < -0.39 is 5.91 Å². The van der Waals surface area contributed by atoms with E-state index in [0.29, 0.717) is 35.8 Å². The van der Waals surface area contributed by atoms with Gasteiger partial charge in [-0.15, -0.1) is 0 Å². The van der Waals surface area contributed by atoms with Crippen molar-refractivity contribution in [3.63, 3.8) is 0 Å². The summed E-state index contributed by atoms with van der Waals surface area (Å²) in [5.74, 6) is 0.0314. The van der Waals surface area contributed by atoms with Crippen LogP contribution in [0.1, 0.15) is 27.2 Å². The predicted octanol–water partition coefficient (Wildman–Crippen LogP) is 3.08. The SMILES string of the molecule is Cc1ccccc1CN1Cc2nc(-c3cccc(C(N)=O)c3)ccc2OCC1=O. The van der Waals surface area contributed by atoms with E-state index in [9.17, 15) is 9.59 Å². The molecule has 2 amide bonds. The summed E-state index contributed by atoms with van der Waals surface area (Å²) in [5.41, 5.74) is 10.2. The van der Waals surface area contributed by atoms with E-state index in [1.165, 1.54) is 0 Å². The monoisotopic (exact) mass is 387 g/mol. The average Bonchev–Trinajstić information content (AvgIpc) is 2.88. The van der Waals surface area contributed by atoms with Crippen LogP contribution in [0.15, 0.2) is 60.7 Å². The molecule has 6 nitrogen and oxygen atoms in total. The maximum absolute atomic E-state index is 12.6. The minimum absolute atomic E-state index is 0.0168. The molecule has 6 heteroatoms. The number of hydrogen-bond donors (Lipinski definition) is 1. The fourth-order valence-corrected chi connectivity index (χ4v) is 3.36. The van der Waals surface area contributed by atoms with Gasteiger partial charge in [-0.2, -0.15) is 0 Å². The summed E-state index contributed by atoms with van der Waals surface area (Å²) in [6.07, 6.45) is 0. The highest BCUT2D eigenvalue weighted by atomic mass is 16.5. The maximum Gasteiger partial charge on any atom is 0.261 e. The smallest absolute Gasteiger partial charge is 0.261 e. The average molecular weight is 387 g/mol. The van der Waals surface area contributed by atoms with Gasteiger partial charge in [-0.25, -0.2) is 4.98 Å². The number of amides is 2. The van der Waals surface area contributed by atoms with Crippen molar-refractivity contribution in [3.05, 3.63) is 83.0 Å². The molecular formula is C23H21N3O3. The summed E-state index contributed by atoms with van der Waals surface area (Å²) < 4.78 is 5.68. The number of nitrogens with two attached hydrogens (primary N) is 1. The largest absolute Gasteiger partial charge is 0.482 e. The van der Waals surface area contributed by atoms with Crippen molar-refractivity contribution in [3.8, 4) is 17.0 Å². The van der Waals surface area contributed by atoms with Crippen LogP contribution in [0.2, 0.25) is 0 Å². The normalized spacial score (nSPS) is 13.4. The quantitative estimate of drug-likeness (QED) is 0.745. The Kier molecular flexibility index (Phi) is 4.99. The number of fused-ring (bicyclic) bond motifs is 1. The van der Waals surface area contributed by atoms with E-state index in [-0.39, 0.29) is 12.5 Å². The lowest BCUT2D eigenvalue weighted by atomic mass is 10.1. The van der Waals surface area contributed by atoms with Crippen LogP contribution in [-0.2, 0) is 17.9 Å². The van der Waals surface area contributed by atoms with Gasteiger partial charge in [0.05, 0.1) is 12.2 Å². The summed E-state index contributed by atoms with van der Waals surface area (Å²) in [6, 6.07) is 18.7. The Bertz CT molecular complexity index is 1090. The molecule has 0 bridgehead atoms. The lowest BCUT2D eigenvalue weighted by Crippen LogP contribution is -2.32. The zero-order chi connectivity index (χ0) is 20.4. The fourth-order valence-electron chi connectivity index (χ4n) is 3.36. The summed E-state index contributed by atoms with van der Waals surface area (Å²) in [6.45, 7) is 2.87. The van der Waals surface area contributed by atoms with E-state index in [0.717, 1.165) is 16.7 Å². The molecule has 0 atom stereocenters. The van der Waals surface area contributed by atoms with Crippen LogP contribution in [-0.4, -0.2) is 28.3 Å². The van der Waals surface area contributed by atoms with Gasteiger partial charge in [-0.05, 0) is 42.3 Å². The molecule has 146 valence electrons. The van der Waals surface area contributed by atoms with Gasteiger partial charge in [0.2, 0.25) is 5.91 Å². The number of ether oxygens (including phenoxy) is 1. The Labute approximate surface area is 168 Å². The standard InChI is InChI=1S/C23H21N3O3/c1-15-5-2-3-6-18(15)12-26-13-20-21(29-14-22(26)27)10-9-19(25-20)16-7-4-8-17(11-16)23(24)28/h2-11H,12-14H2,1H3,(H2,24,28). The molecule has 2 N–H and O–H groups in total. The van der Waals surface area contributed by atoms with Gasteiger partial charge < -0.3 is 15.4 Å². The Hall–Kier alpha value is -3.67. The third-order valence-electron chi connectivity index (χ3n) is 5.04. The second kappa shape index (κ2) is 7.75. The number of aromatic nitrogens is 1. The minimum Gasteiger partial charge on any atom is -0.482 e. The summed E-state index contributed by atoms with van der Waals surface area (Å²) in [5, 5.41) is 0. The van der Waals surface area contributed by atoms with Crippen LogP contribution in [0.25, 0.3) is 11.3 Å². The molecule has 3 aromatic rings. The second-order valence-corrected chi connectivity index (χ2v) is 7.05. The van der Waals surface area contributed by atoms with Crippen molar-refractivity contribution in [1.29, 1.82) is 0 Å². The number of primary amides is 1. The Morgan fingerprint density at radius 3 is 2.76 bits per heavy atom. The van der Waals surface area contributed by atoms with Crippen LogP contribution in [0.4, 0.5) is 0 Å². The zero-order valence-corrected chi connectivity index (χ0v) is 16.1. The topological polar surface area (TPSA) is 85.5 Å². The van der Waals surface area contributed by atoms with Crippen molar-refractivity contribution < 1.29 is 14.3 Å². The van der Waals surface area contributed by atoms with Gasteiger partial charge in [0.25, 0.3) is 5.91 Å². The van der Waals surface area contributed by atoms with E-state index in [1.54, 1.807) is 23.1 Å². The van der Waals surface area contributed by atoms with Crippen LogP contribution in [0, 0.1) is 6.92 Å². The van der Waals surface area contributed by atoms with Gasteiger partial charge in [0.15, 0.2) is 6.61 Å². The summed E-state index contributed by atoms with van der Waals surface area (Å²) in [7, 11) is 0. The van der Waals surface area contributed by atoms with Gasteiger partial charge in [-0.1, -0.05) is 36.4 Å². The number of benzene rings is 2. The van der Waals surface area contributed by atoms with Crippen molar-refractivity contribution >= 4 is 11.8 Å². The van der Waals surface area contributed by atoms with Crippen molar-refractivity contribution in [1.82, 2.24) is 9.88 Å². The van der Waals surface area contributed by atoms with E-state index in [4.69, 9.17) is 15.5 Å². The lowest BCUT2D eigenvalue weighted by molar-refractivity contribution is -0.133. The molecule has 4 rings (SSSR count). The first-order valence-electron chi connectivity index (χ1n) is 9.36. The first-order chi connectivity index (χ1) is 14.0. The molecule has 2 aromatic carbocycles. The lowest BCUT2D eigenvalue weighted by Gasteiger charge is -2.21. The number of rotatable bonds is 4. The number of aryl methyl sites for hydroxylation is 1. The molecule has 0 saturated carbocycles. The number of nitrogens with zero attached hydrogens (tertiary/aromatic N) is 2. The van der Waals surface area contributed by atoms with Crippen molar-refractivity contribution in [2.75, 3.05) is 6.61 Å². The first-order valence-corrected chi connectivity index (χ1v) is 9.36. The molecule has 1 aliphatic rings. The summed E-state index contributed by atoms with van der Waals surface area (Å²) >= 11 is 0. The molecular weight excluding hydrogens is 366 g/mol. The molecule has 29 heavy (non-hydrogen) atoms. The molecule has 2 heterocycles. The molecule has 1 aromatic heterocycles. The highest BCUT2D eigenvalue weighted by Crippen LogP contribution is 2.27. The molecule has 0 unspecified atom stereocenters. The van der Waals surface area contributed by atoms with Crippen molar-refractivity contribution in [2.45, 2.75) is 20.0 Å².